The van der Waals surface area contributed by atoms with Crippen LogP contribution in [0.25, 0.3) is 10.9 Å². The van der Waals surface area contributed by atoms with Gasteiger partial charge in [-0.15, -0.1) is 11.6 Å². The van der Waals surface area contributed by atoms with Crippen LogP contribution in [0.1, 0.15) is 10.5 Å². The third kappa shape index (κ3) is 3.08. The molecule has 2 rings (SSSR count). The summed E-state index contributed by atoms with van der Waals surface area (Å²) in [7, 11) is 0. The molecule has 0 aliphatic rings. The Morgan fingerprint density at radius 2 is 2.06 bits per heavy atom. The van der Waals surface area contributed by atoms with Gasteiger partial charge in [0.05, 0.1) is 5.52 Å². The van der Waals surface area contributed by atoms with Gasteiger partial charge in [-0.05, 0) is 12.1 Å². The van der Waals surface area contributed by atoms with Gasteiger partial charge in [-0.1, -0.05) is 36.4 Å². The van der Waals surface area contributed by atoms with Crippen molar-refractivity contribution < 1.29 is 4.79 Å². The van der Waals surface area contributed by atoms with Crippen LogP contribution in [0.5, 0.6) is 0 Å². The summed E-state index contributed by atoms with van der Waals surface area (Å²) in [6.45, 7) is 0.458. The van der Waals surface area contributed by atoms with E-state index in [1.54, 1.807) is 12.1 Å². The fourth-order valence-electron chi connectivity index (χ4n) is 1.58. The third-order valence-corrected chi connectivity index (χ3v) is 2.65. The number of pyridine rings is 1. The molecule has 0 saturated heterocycles. The summed E-state index contributed by atoms with van der Waals surface area (Å²) in [6, 6.07) is 11.3. The second kappa shape index (κ2) is 6.17. The first-order valence-electron chi connectivity index (χ1n) is 5.66. The number of para-hydroxylation sites is 1. The van der Waals surface area contributed by atoms with Crippen molar-refractivity contribution in [2.24, 2.45) is 0 Å². The number of hydrogen-bond donors (Lipinski definition) is 1. The van der Waals surface area contributed by atoms with Gasteiger partial charge in [0.25, 0.3) is 5.91 Å². The van der Waals surface area contributed by atoms with E-state index in [4.69, 9.17) is 11.6 Å². The largest absolute Gasteiger partial charge is 0.347 e. The lowest BCUT2D eigenvalue weighted by Crippen LogP contribution is -2.24. The van der Waals surface area contributed by atoms with Crippen LogP contribution < -0.4 is 5.32 Å². The quantitative estimate of drug-likeness (QED) is 0.678. The number of nitrogens with zero attached hydrogens (tertiary/aromatic N) is 1. The monoisotopic (exact) mass is 260 g/mol. The molecule has 0 spiro atoms. The SMILES string of the molecule is O=C(NC/C=C/CCl)c1ccc2ccccc2n1. The Kier molecular flexibility index (Phi) is 4.31. The van der Waals surface area contributed by atoms with Crippen molar-refractivity contribution >= 4 is 28.4 Å². The van der Waals surface area contributed by atoms with Crippen molar-refractivity contribution in [3.05, 3.63) is 54.2 Å². The van der Waals surface area contributed by atoms with Crippen molar-refractivity contribution in [3.8, 4) is 0 Å². The summed E-state index contributed by atoms with van der Waals surface area (Å²) in [6.07, 6.45) is 3.60. The highest BCUT2D eigenvalue weighted by Crippen LogP contribution is 2.11. The summed E-state index contributed by atoms with van der Waals surface area (Å²) in [5, 5.41) is 3.78. The predicted octanol–water partition coefficient (Wildman–Crippen LogP) is 2.76. The highest BCUT2D eigenvalue weighted by Gasteiger charge is 2.06. The first kappa shape index (κ1) is 12.6. The van der Waals surface area contributed by atoms with Crippen molar-refractivity contribution in [2.75, 3.05) is 12.4 Å². The molecule has 3 nitrogen and oxygen atoms in total. The fourth-order valence-corrected chi connectivity index (χ4v) is 1.71. The van der Waals surface area contributed by atoms with Gasteiger partial charge in [-0.3, -0.25) is 4.79 Å². The Morgan fingerprint density at radius 1 is 1.22 bits per heavy atom. The molecular formula is C14H13ClN2O. The minimum absolute atomic E-state index is 0.181. The van der Waals surface area contributed by atoms with Gasteiger partial charge in [-0.2, -0.15) is 0 Å². The normalized spacial score (nSPS) is 10.9. The lowest BCUT2D eigenvalue weighted by Gasteiger charge is -2.03. The zero-order chi connectivity index (χ0) is 12.8. The van der Waals surface area contributed by atoms with Crippen LogP contribution in [0.15, 0.2) is 48.6 Å². The van der Waals surface area contributed by atoms with E-state index >= 15 is 0 Å². The van der Waals surface area contributed by atoms with Crippen LogP contribution in [0, 0.1) is 0 Å². The van der Waals surface area contributed by atoms with Gasteiger partial charge in [0.15, 0.2) is 0 Å². The second-order valence-corrected chi connectivity index (χ2v) is 4.03. The molecule has 92 valence electrons. The number of nitrogens with one attached hydrogen (secondary N) is 1. The Balaban J connectivity index is 2.10. The molecule has 0 atom stereocenters. The van der Waals surface area contributed by atoms with Crippen LogP contribution in [0.2, 0.25) is 0 Å². The number of carbonyl (C=O) groups excluding carboxylic acids is 1. The molecule has 1 heterocycles. The number of carbonyl (C=O) groups is 1. The molecule has 0 radical (unpaired) electrons. The van der Waals surface area contributed by atoms with Gasteiger partial charge >= 0.3 is 0 Å². The zero-order valence-electron chi connectivity index (χ0n) is 9.77. The number of amides is 1. The Hall–Kier alpha value is -1.87. The first-order valence-corrected chi connectivity index (χ1v) is 6.19. The molecule has 0 saturated carbocycles. The van der Waals surface area contributed by atoms with E-state index in [-0.39, 0.29) is 5.91 Å². The number of benzene rings is 1. The Bertz CT molecular complexity index is 581. The van der Waals surface area contributed by atoms with E-state index in [1.807, 2.05) is 36.4 Å². The molecule has 18 heavy (non-hydrogen) atoms. The van der Waals surface area contributed by atoms with Gasteiger partial charge in [0.1, 0.15) is 5.69 Å². The molecule has 1 amide bonds. The van der Waals surface area contributed by atoms with Gasteiger partial charge in [-0.25, -0.2) is 4.98 Å². The highest BCUT2D eigenvalue weighted by atomic mass is 35.5. The number of rotatable bonds is 4. The molecule has 4 heteroatoms. The Labute approximate surface area is 110 Å². The first-order chi connectivity index (χ1) is 8.81. The minimum atomic E-state index is -0.181. The van der Waals surface area contributed by atoms with Crippen molar-refractivity contribution in [1.29, 1.82) is 0 Å². The molecule has 0 aliphatic heterocycles. The summed E-state index contributed by atoms with van der Waals surface area (Å²) in [5.74, 6) is 0.268. The molecule has 0 unspecified atom stereocenters. The lowest BCUT2D eigenvalue weighted by atomic mass is 10.2. The average molecular weight is 261 g/mol. The summed E-state index contributed by atoms with van der Waals surface area (Å²) in [4.78, 5) is 16.1. The molecule has 2 aromatic rings. The van der Waals surface area contributed by atoms with E-state index in [0.717, 1.165) is 10.9 Å². The minimum Gasteiger partial charge on any atom is -0.347 e. The van der Waals surface area contributed by atoms with Crippen molar-refractivity contribution in [1.82, 2.24) is 10.3 Å². The third-order valence-electron chi connectivity index (χ3n) is 2.47. The molecule has 1 aromatic carbocycles. The van der Waals surface area contributed by atoms with Crippen LogP contribution in [-0.2, 0) is 0 Å². The van der Waals surface area contributed by atoms with E-state index in [1.165, 1.54) is 0 Å². The van der Waals surface area contributed by atoms with Gasteiger partial charge in [0.2, 0.25) is 0 Å². The number of hydrogen-bond acceptors (Lipinski definition) is 2. The average Bonchev–Trinajstić information content (AvgIpc) is 2.43. The van der Waals surface area contributed by atoms with Crippen molar-refractivity contribution in [3.63, 3.8) is 0 Å². The van der Waals surface area contributed by atoms with Crippen LogP contribution >= 0.6 is 11.6 Å². The number of fused-ring (bicyclic) bond motifs is 1. The van der Waals surface area contributed by atoms with E-state index in [9.17, 15) is 4.79 Å². The lowest BCUT2D eigenvalue weighted by molar-refractivity contribution is 0.0953. The Morgan fingerprint density at radius 3 is 2.89 bits per heavy atom. The van der Waals surface area contributed by atoms with Crippen molar-refractivity contribution in [2.45, 2.75) is 0 Å². The molecule has 0 bridgehead atoms. The number of allylic oxidation sites excluding steroid dienone is 1. The summed E-state index contributed by atoms with van der Waals surface area (Å²) in [5.41, 5.74) is 1.24. The molecule has 1 aromatic heterocycles. The molecular weight excluding hydrogens is 248 g/mol. The number of alkyl halides is 1. The maximum atomic E-state index is 11.8. The number of halogens is 1. The second-order valence-electron chi connectivity index (χ2n) is 3.72. The van der Waals surface area contributed by atoms with E-state index in [2.05, 4.69) is 10.3 Å². The van der Waals surface area contributed by atoms with E-state index in [0.29, 0.717) is 18.1 Å². The molecule has 0 aliphatic carbocycles. The van der Waals surface area contributed by atoms with E-state index < -0.39 is 0 Å². The van der Waals surface area contributed by atoms with Crippen LogP contribution in [0.4, 0.5) is 0 Å². The summed E-state index contributed by atoms with van der Waals surface area (Å²) >= 11 is 5.49. The zero-order valence-corrected chi connectivity index (χ0v) is 10.5. The molecule has 1 N–H and O–H groups in total. The predicted molar refractivity (Wildman–Crippen MR) is 73.9 cm³/mol. The smallest absolute Gasteiger partial charge is 0.270 e. The van der Waals surface area contributed by atoms with Crippen LogP contribution in [-0.4, -0.2) is 23.3 Å². The topological polar surface area (TPSA) is 42.0 Å². The van der Waals surface area contributed by atoms with Crippen LogP contribution in [0.3, 0.4) is 0 Å². The maximum Gasteiger partial charge on any atom is 0.270 e. The summed E-state index contributed by atoms with van der Waals surface area (Å²) < 4.78 is 0. The highest BCUT2D eigenvalue weighted by molar-refractivity contribution is 6.18. The fraction of sp³-hybridized carbons (Fsp3) is 0.143. The maximum absolute atomic E-state index is 11.8. The number of aromatic nitrogens is 1. The standard InChI is InChI=1S/C14H13ClN2O/c15-9-3-4-10-16-14(18)13-8-7-11-5-1-2-6-12(11)17-13/h1-8H,9-10H2,(H,16,18)/b4-3+. The van der Waals surface area contributed by atoms with Gasteiger partial charge < -0.3 is 5.32 Å². The van der Waals surface area contributed by atoms with Gasteiger partial charge in [0, 0.05) is 17.8 Å². The molecule has 0 fully saturated rings.